The highest BCUT2D eigenvalue weighted by Crippen LogP contribution is 2.13. The molecule has 0 bridgehead atoms. The van der Waals surface area contributed by atoms with Crippen LogP contribution in [0.25, 0.3) is 0 Å². The van der Waals surface area contributed by atoms with Crippen LogP contribution in [0.2, 0.25) is 0 Å². The Bertz CT molecular complexity index is 376. The molecule has 3 nitrogen and oxygen atoms in total. The van der Waals surface area contributed by atoms with Crippen molar-refractivity contribution in [3.63, 3.8) is 0 Å². The zero-order valence-electron chi connectivity index (χ0n) is 11.1. The number of ether oxygens (including phenoxy) is 1. The third-order valence-electron chi connectivity index (χ3n) is 2.62. The Morgan fingerprint density at radius 2 is 2.00 bits per heavy atom. The van der Waals surface area contributed by atoms with Gasteiger partial charge in [0.15, 0.2) is 0 Å². The van der Waals surface area contributed by atoms with Gasteiger partial charge in [0.2, 0.25) is 0 Å². The summed E-state index contributed by atoms with van der Waals surface area (Å²) in [4.78, 5) is 13.8. The van der Waals surface area contributed by atoms with Crippen LogP contribution in [0.3, 0.4) is 0 Å². The van der Waals surface area contributed by atoms with E-state index in [1.54, 1.807) is 24.1 Å². The van der Waals surface area contributed by atoms with Gasteiger partial charge in [-0.05, 0) is 44.5 Å². The van der Waals surface area contributed by atoms with E-state index in [4.69, 9.17) is 16.3 Å². The number of hydrogen-bond donors (Lipinski definition) is 0. The molecule has 100 valence electrons. The van der Waals surface area contributed by atoms with Crippen LogP contribution in [0.15, 0.2) is 24.3 Å². The predicted molar refractivity (Wildman–Crippen MR) is 74.5 cm³/mol. The second-order valence-electron chi connectivity index (χ2n) is 4.25. The molecule has 0 spiro atoms. The molecule has 0 aliphatic heterocycles. The Morgan fingerprint density at radius 1 is 1.39 bits per heavy atom. The number of nitrogens with zero attached hydrogens (tertiary/aromatic N) is 1. The van der Waals surface area contributed by atoms with Gasteiger partial charge in [-0.1, -0.05) is 0 Å². The van der Waals surface area contributed by atoms with Crippen LogP contribution in [0.1, 0.15) is 30.6 Å². The summed E-state index contributed by atoms with van der Waals surface area (Å²) in [5.41, 5.74) is 0.670. The average molecular weight is 270 g/mol. The van der Waals surface area contributed by atoms with Gasteiger partial charge >= 0.3 is 0 Å². The maximum Gasteiger partial charge on any atom is 0.253 e. The first-order chi connectivity index (χ1) is 8.54. The zero-order chi connectivity index (χ0) is 13.5. The highest BCUT2D eigenvalue weighted by molar-refractivity contribution is 6.20. The molecule has 0 N–H and O–H groups in total. The number of benzene rings is 1. The Kier molecular flexibility index (Phi) is 5.99. The molecule has 1 amide bonds. The summed E-state index contributed by atoms with van der Waals surface area (Å²) in [5, 5.41) is 0.0839. The van der Waals surface area contributed by atoms with E-state index < -0.39 is 0 Å². The Hall–Kier alpha value is -1.22. The molecule has 1 aromatic rings. The van der Waals surface area contributed by atoms with Gasteiger partial charge in [0.25, 0.3) is 5.91 Å². The molecular formula is C14H20ClNO2. The van der Waals surface area contributed by atoms with E-state index in [2.05, 4.69) is 0 Å². The molecule has 1 unspecified atom stereocenters. The highest BCUT2D eigenvalue weighted by atomic mass is 35.5. The van der Waals surface area contributed by atoms with Gasteiger partial charge in [-0.15, -0.1) is 11.6 Å². The zero-order valence-corrected chi connectivity index (χ0v) is 11.9. The quantitative estimate of drug-likeness (QED) is 0.743. The maximum atomic E-state index is 12.1. The number of hydrogen-bond acceptors (Lipinski definition) is 2. The van der Waals surface area contributed by atoms with Crippen molar-refractivity contribution in [3.05, 3.63) is 29.8 Å². The molecule has 0 saturated carbocycles. The van der Waals surface area contributed by atoms with E-state index in [9.17, 15) is 4.79 Å². The molecule has 1 atom stereocenters. The second-order valence-corrected chi connectivity index (χ2v) is 5.00. The fourth-order valence-electron chi connectivity index (χ4n) is 1.55. The molecule has 1 aromatic carbocycles. The lowest BCUT2D eigenvalue weighted by molar-refractivity contribution is 0.0793. The van der Waals surface area contributed by atoms with Crippen molar-refractivity contribution in [2.24, 2.45) is 0 Å². The average Bonchev–Trinajstić information content (AvgIpc) is 2.36. The normalized spacial score (nSPS) is 12.0. The van der Waals surface area contributed by atoms with Crippen molar-refractivity contribution in [2.45, 2.75) is 25.6 Å². The Balaban J connectivity index is 2.60. The van der Waals surface area contributed by atoms with Gasteiger partial charge in [-0.3, -0.25) is 4.79 Å². The first kappa shape index (κ1) is 14.8. The number of amides is 1. The van der Waals surface area contributed by atoms with Crippen molar-refractivity contribution in [2.75, 3.05) is 20.2 Å². The lowest BCUT2D eigenvalue weighted by atomic mass is 10.2. The summed E-state index contributed by atoms with van der Waals surface area (Å²) in [6.45, 7) is 5.15. The number of halogens is 1. The molecule has 0 fully saturated rings. The fraction of sp³-hybridized carbons (Fsp3) is 0.500. The van der Waals surface area contributed by atoms with Crippen LogP contribution < -0.4 is 4.74 Å². The third kappa shape index (κ3) is 4.57. The summed E-state index contributed by atoms with van der Waals surface area (Å²) in [6, 6.07) is 7.20. The van der Waals surface area contributed by atoms with Crippen molar-refractivity contribution in [1.29, 1.82) is 0 Å². The molecule has 0 aliphatic carbocycles. The van der Waals surface area contributed by atoms with E-state index in [0.717, 1.165) is 12.2 Å². The summed E-state index contributed by atoms with van der Waals surface area (Å²) in [6.07, 6.45) is 0.792. The van der Waals surface area contributed by atoms with Crippen LogP contribution in [0, 0.1) is 0 Å². The van der Waals surface area contributed by atoms with E-state index in [1.807, 2.05) is 26.0 Å². The monoisotopic (exact) mass is 269 g/mol. The van der Waals surface area contributed by atoms with Crippen LogP contribution in [-0.4, -0.2) is 36.4 Å². The largest absolute Gasteiger partial charge is 0.494 e. The highest BCUT2D eigenvalue weighted by Gasteiger charge is 2.12. The Morgan fingerprint density at radius 3 is 2.50 bits per heavy atom. The molecule has 18 heavy (non-hydrogen) atoms. The van der Waals surface area contributed by atoms with Crippen molar-refractivity contribution >= 4 is 17.5 Å². The van der Waals surface area contributed by atoms with Crippen molar-refractivity contribution in [1.82, 2.24) is 4.90 Å². The molecule has 0 aliphatic rings. The minimum absolute atomic E-state index is 0.00960. The van der Waals surface area contributed by atoms with Crippen molar-refractivity contribution in [3.8, 4) is 5.75 Å². The Labute approximate surface area is 114 Å². The van der Waals surface area contributed by atoms with E-state index in [0.29, 0.717) is 18.7 Å². The maximum absolute atomic E-state index is 12.1. The summed E-state index contributed by atoms with van der Waals surface area (Å²) in [5.74, 6) is 0.793. The van der Waals surface area contributed by atoms with Gasteiger partial charge in [-0.25, -0.2) is 0 Å². The predicted octanol–water partition coefficient (Wildman–Crippen LogP) is 3.17. The topological polar surface area (TPSA) is 29.5 Å². The van der Waals surface area contributed by atoms with Crippen LogP contribution >= 0.6 is 11.6 Å². The molecule has 0 aromatic heterocycles. The summed E-state index contributed by atoms with van der Waals surface area (Å²) >= 11 is 5.87. The lowest BCUT2D eigenvalue weighted by Gasteiger charge is -2.18. The van der Waals surface area contributed by atoms with E-state index in [1.165, 1.54) is 0 Å². The van der Waals surface area contributed by atoms with Gasteiger partial charge in [0.1, 0.15) is 5.75 Å². The number of carbonyl (C=O) groups is 1. The third-order valence-corrected chi connectivity index (χ3v) is 2.84. The SMILES string of the molecule is CCOc1ccc(C(=O)N(C)CCC(C)Cl)cc1. The standard InChI is InChI=1S/C14H20ClNO2/c1-4-18-13-7-5-12(6-8-13)14(17)16(3)10-9-11(2)15/h5-8,11H,4,9-10H2,1-3H3. The van der Waals surface area contributed by atoms with E-state index in [-0.39, 0.29) is 11.3 Å². The van der Waals surface area contributed by atoms with Gasteiger partial charge in [0, 0.05) is 24.5 Å². The van der Waals surface area contributed by atoms with Crippen LogP contribution in [-0.2, 0) is 0 Å². The number of alkyl halides is 1. The summed E-state index contributed by atoms with van der Waals surface area (Å²) < 4.78 is 5.34. The summed E-state index contributed by atoms with van der Waals surface area (Å²) in [7, 11) is 1.79. The fourth-order valence-corrected chi connectivity index (χ4v) is 1.65. The van der Waals surface area contributed by atoms with E-state index >= 15 is 0 Å². The number of rotatable bonds is 6. The molecule has 4 heteroatoms. The van der Waals surface area contributed by atoms with Gasteiger partial charge in [-0.2, -0.15) is 0 Å². The van der Waals surface area contributed by atoms with Crippen LogP contribution in [0.5, 0.6) is 5.75 Å². The molecular weight excluding hydrogens is 250 g/mol. The first-order valence-corrected chi connectivity index (χ1v) is 6.60. The lowest BCUT2D eigenvalue weighted by Crippen LogP contribution is -2.28. The smallest absolute Gasteiger partial charge is 0.253 e. The van der Waals surface area contributed by atoms with Crippen molar-refractivity contribution < 1.29 is 9.53 Å². The molecule has 0 radical (unpaired) electrons. The molecule has 0 heterocycles. The minimum atomic E-state index is 0.00960. The van der Waals surface area contributed by atoms with Crippen LogP contribution in [0.4, 0.5) is 0 Å². The molecule has 1 rings (SSSR count). The second kappa shape index (κ2) is 7.27. The van der Waals surface area contributed by atoms with Gasteiger partial charge in [0.05, 0.1) is 6.61 Å². The van der Waals surface area contributed by atoms with Gasteiger partial charge < -0.3 is 9.64 Å². The number of carbonyl (C=O) groups excluding carboxylic acids is 1. The first-order valence-electron chi connectivity index (χ1n) is 6.17. The minimum Gasteiger partial charge on any atom is -0.494 e. The molecule has 0 saturated heterocycles.